The van der Waals surface area contributed by atoms with Gasteiger partial charge in [-0.25, -0.2) is 9.78 Å². The molecule has 15 nitrogen and oxygen atoms in total. The van der Waals surface area contributed by atoms with Crippen LogP contribution in [-0.2, 0) is 35.2 Å². The zero-order valence-electron chi connectivity index (χ0n) is 19.3. The lowest BCUT2D eigenvalue weighted by Crippen LogP contribution is -2.58. The Morgan fingerprint density at radius 3 is 2.03 bits per heavy atom. The Hall–Kier alpha value is -4.01. The number of hydrogen-bond donors (Lipinski definition) is 8. The summed E-state index contributed by atoms with van der Waals surface area (Å²) in [5, 5.41) is 25.3. The van der Waals surface area contributed by atoms with Crippen molar-refractivity contribution in [1.82, 2.24) is 25.9 Å². The van der Waals surface area contributed by atoms with Gasteiger partial charge in [-0.1, -0.05) is 13.8 Å². The predicted molar refractivity (Wildman–Crippen MR) is 119 cm³/mol. The number of nitrogens with zero attached hydrogens (tertiary/aromatic N) is 1. The molecule has 1 aromatic heterocycles. The lowest BCUT2D eigenvalue weighted by atomic mass is 10.0. The molecule has 0 aliphatic carbocycles. The maximum absolute atomic E-state index is 12.8. The van der Waals surface area contributed by atoms with Gasteiger partial charge in [-0.05, 0) is 12.3 Å². The Kier molecular flexibility index (Phi) is 11.3. The highest BCUT2D eigenvalue weighted by atomic mass is 16.4. The Balaban J connectivity index is 3.02. The van der Waals surface area contributed by atoms with E-state index in [1.807, 2.05) is 0 Å². The van der Waals surface area contributed by atoms with Crippen molar-refractivity contribution in [2.75, 3.05) is 0 Å². The van der Waals surface area contributed by atoms with Crippen LogP contribution < -0.4 is 27.4 Å². The number of nitrogens with one attached hydrogen (secondary N) is 4. The number of aliphatic carboxylic acids is 2. The van der Waals surface area contributed by atoms with Crippen LogP contribution >= 0.6 is 0 Å². The number of imidazole rings is 1. The molecule has 0 saturated carbocycles. The third-order valence-electron chi connectivity index (χ3n) is 4.94. The van der Waals surface area contributed by atoms with Crippen molar-refractivity contribution in [3.63, 3.8) is 0 Å². The van der Waals surface area contributed by atoms with E-state index in [0.29, 0.717) is 5.69 Å². The highest BCUT2D eigenvalue weighted by Gasteiger charge is 2.32. The predicted octanol–water partition coefficient (Wildman–Crippen LogP) is -2.79. The first kappa shape index (κ1) is 29.0. The number of H-pyrrole nitrogens is 1. The first-order valence-electron chi connectivity index (χ1n) is 10.7. The second-order valence-corrected chi connectivity index (χ2v) is 8.18. The van der Waals surface area contributed by atoms with Gasteiger partial charge in [-0.15, -0.1) is 0 Å². The van der Waals surface area contributed by atoms with Crippen LogP contribution in [0.5, 0.6) is 0 Å². The molecule has 0 aliphatic heterocycles. The molecule has 0 aromatic carbocycles. The molecule has 35 heavy (non-hydrogen) atoms. The van der Waals surface area contributed by atoms with Gasteiger partial charge in [0.05, 0.1) is 18.8 Å². The van der Waals surface area contributed by atoms with Crippen molar-refractivity contribution in [2.45, 2.75) is 63.7 Å². The van der Waals surface area contributed by atoms with Gasteiger partial charge in [0.2, 0.25) is 23.6 Å². The Morgan fingerprint density at radius 2 is 1.54 bits per heavy atom. The van der Waals surface area contributed by atoms with Gasteiger partial charge >= 0.3 is 11.9 Å². The second kappa shape index (κ2) is 13.6. The molecule has 10 N–H and O–H groups in total. The van der Waals surface area contributed by atoms with Crippen LogP contribution in [0.15, 0.2) is 12.5 Å². The zero-order chi connectivity index (χ0) is 26.7. The van der Waals surface area contributed by atoms with Crippen LogP contribution in [0.1, 0.15) is 38.8 Å². The van der Waals surface area contributed by atoms with Crippen LogP contribution in [0.3, 0.4) is 0 Å². The molecule has 1 heterocycles. The van der Waals surface area contributed by atoms with Gasteiger partial charge in [0.25, 0.3) is 0 Å². The molecule has 0 bridgehead atoms. The molecule has 0 saturated heterocycles. The fourth-order valence-corrected chi connectivity index (χ4v) is 2.87. The van der Waals surface area contributed by atoms with E-state index in [2.05, 4.69) is 25.9 Å². The molecule has 4 amide bonds. The summed E-state index contributed by atoms with van der Waals surface area (Å²) in [7, 11) is 0. The summed E-state index contributed by atoms with van der Waals surface area (Å²) in [5.41, 5.74) is 11.3. The van der Waals surface area contributed by atoms with Crippen LogP contribution in [0, 0.1) is 5.92 Å². The van der Waals surface area contributed by atoms with E-state index in [9.17, 15) is 39.0 Å². The average Bonchev–Trinajstić information content (AvgIpc) is 3.27. The quantitative estimate of drug-likeness (QED) is 0.123. The van der Waals surface area contributed by atoms with Crippen molar-refractivity contribution in [3.05, 3.63) is 18.2 Å². The Labute approximate surface area is 200 Å². The highest BCUT2D eigenvalue weighted by Crippen LogP contribution is 2.05. The third kappa shape index (κ3) is 10.2. The summed E-state index contributed by atoms with van der Waals surface area (Å²) >= 11 is 0. The SMILES string of the molecule is CC(C)C(N)C(=O)NC(CCC(N)=O)C(=O)NC(CC(=O)O)C(=O)NC(Cc1cnc[nH]1)C(=O)O. The fraction of sp³-hybridized carbons (Fsp3) is 0.550. The summed E-state index contributed by atoms with van der Waals surface area (Å²) in [5.74, 6) is -6.64. The third-order valence-corrected chi connectivity index (χ3v) is 4.94. The average molecular weight is 498 g/mol. The van der Waals surface area contributed by atoms with Gasteiger partial charge < -0.3 is 42.6 Å². The molecular formula is C20H31N7O8. The van der Waals surface area contributed by atoms with Crippen molar-refractivity contribution < 1.29 is 39.0 Å². The number of carboxylic acid groups (broad SMARTS) is 2. The number of aromatic nitrogens is 2. The largest absolute Gasteiger partial charge is 0.481 e. The Morgan fingerprint density at radius 1 is 0.971 bits per heavy atom. The fourth-order valence-electron chi connectivity index (χ4n) is 2.87. The monoisotopic (exact) mass is 497 g/mol. The second-order valence-electron chi connectivity index (χ2n) is 8.18. The van der Waals surface area contributed by atoms with E-state index >= 15 is 0 Å². The smallest absolute Gasteiger partial charge is 0.326 e. The van der Waals surface area contributed by atoms with Crippen LogP contribution in [0.4, 0.5) is 0 Å². The van der Waals surface area contributed by atoms with Gasteiger partial charge in [0, 0.05) is 24.7 Å². The number of hydrogen-bond acceptors (Lipinski definition) is 8. The first-order chi connectivity index (χ1) is 16.3. The summed E-state index contributed by atoms with van der Waals surface area (Å²) in [6.07, 6.45) is 1.07. The van der Waals surface area contributed by atoms with Crippen molar-refractivity contribution >= 4 is 35.6 Å². The van der Waals surface area contributed by atoms with E-state index in [1.54, 1.807) is 13.8 Å². The minimum Gasteiger partial charge on any atom is -0.481 e. The molecule has 4 atom stereocenters. The van der Waals surface area contributed by atoms with E-state index < -0.39 is 66.2 Å². The molecule has 0 radical (unpaired) electrons. The van der Waals surface area contributed by atoms with Crippen molar-refractivity contribution in [2.24, 2.45) is 17.4 Å². The first-order valence-corrected chi connectivity index (χ1v) is 10.7. The molecule has 1 aromatic rings. The lowest BCUT2D eigenvalue weighted by molar-refractivity contribution is -0.143. The van der Waals surface area contributed by atoms with Gasteiger partial charge in [0.15, 0.2) is 0 Å². The molecule has 0 fully saturated rings. The molecule has 0 spiro atoms. The van der Waals surface area contributed by atoms with Gasteiger partial charge in [0.1, 0.15) is 18.1 Å². The normalized spacial score (nSPS) is 14.3. The van der Waals surface area contributed by atoms with Crippen LogP contribution in [0.2, 0.25) is 0 Å². The van der Waals surface area contributed by atoms with Crippen LogP contribution in [-0.4, -0.2) is 79.9 Å². The van der Waals surface area contributed by atoms with Crippen molar-refractivity contribution in [1.29, 1.82) is 0 Å². The van der Waals surface area contributed by atoms with E-state index in [-0.39, 0.29) is 25.2 Å². The minimum absolute atomic E-state index is 0.181. The summed E-state index contributed by atoms with van der Waals surface area (Å²) in [6.45, 7) is 3.36. The highest BCUT2D eigenvalue weighted by molar-refractivity contribution is 5.95. The molecule has 0 aliphatic rings. The summed E-state index contributed by atoms with van der Waals surface area (Å²) < 4.78 is 0. The zero-order valence-corrected chi connectivity index (χ0v) is 19.3. The molecule has 194 valence electrons. The van der Waals surface area contributed by atoms with Crippen molar-refractivity contribution in [3.8, 4) is 0 Å². The molecular weight excluding hydrogens is 466 g/mol. The molecule has 4 unspecified atom stereocenters. The topological polar surface area (TPSA) is 260 Å². The number of aromatic amines is 1. The van der Waals surface area contributed by atoms with E-state index in [4.69, 9.17) is 11.5 Å². The number of amides is 4. The van der Waals surface area contributed by atoms with Gasteiger partial charge in [-0.2, -0.15) is 0 Å². The standard InChI is InChI=1S/C20H31N7O8/c1-9(2)16(22)19(33)25-11(3-4-14(21)28)17(31)26-12(6-15(29)30)18(32)27-13(20(34)35)5-10-7-23-8-24-10/h7-9,11-13,16H,3-6,22H2,1-2H3,(H2,21,28)(H,23,24)(H,25,33)(H,26,31)(H,27,32)(H,29,30)(H,34,35). The number of carboxylic acids is 2. The van der Waals surface area contributed by atoms with E-state index in [0.717, 1.165) is 0 Å². The molecule has 1 rings (SSSR count). The summed E-state index contributed by atoms with van der Waals surface area (Å²) in [6, 6.07) is -5.47. The van der Waals surface area contributed by atoms with Crippen LogP contribution in [0.25, 0.3) is 0 Å². The number of nitrogens with two attached hydrogens (primary N) is 2. The summed E-state index contributed by atoms with van der Waals surface area (Å²) in [4.78, 5) is 78.4. The number of carbonyl (C=O) groups excluding carboxylic acids is 4. The Bertz CT molecular complexity index is 919. The number of rotatable bonds is 15. The van der Waals surface area contributed by atoms with Gasteiger partial charge in [-0.3, -0.25) is 24.0 Å². The minimum atomic E-state index is -1.68. The number of primary amides is 1. The maximum atomic E-state index is 12.8. The van der Waals surface area contributed by atoms with E-state index in [1.165, 1.54) is 12.5 Å². The number of carbonyl (C=O) groups is 6. The maximum Gasteiger partial charge on any atom is 0.326 e. The lowest BCUT2D eigenvalue weighted by Gasteiger charge is -2.25. The molecule has 15 heteroatoms.